The van der Waals surface area contributed by atoms with E-state index in [9.17, 15) is 18.0 Å². The molecule has 0 saturated carbocycles. The zero-order valence-corrected chi connectivity index (χ0v) is 18.7. The Hall–Kier alpha value is -4.61. The second-order valence-electron chi connectivity index (χ2n) is 7.37. The molecule has 2 aromatic heterocycles. The van der Waals surface area contributed by atoms with Crippen LogP contribution in [0.4, 0.5) is 18.9 Å². The lowest BCUT2D eigenvalue weighted by Crippen LogP contribution is -2.16. The quantitative estimate of drug-likeness (QED) is 0.304. The number of ether oxygens (including phenoxy) is 2. The molecule has 2 aromatic carbocycles. The van der Waals surface area contributed by atoms with Crippen LogP contribution in [-0.2, 0) is 6.54 Å². The molecule has 4 aromatic rings. The molecule has 0 atom stereocenters. The Morgan fingerprint density at radius 1 is 1.06 bits per heavy atom. The number of hydrogen-bond donors (Lipinski definition) is 1. The van der Waals surface area contributed by atoms with Crippen LogP contribution < -0.4 is 14.8 Å². The third-order valence-corrected chi connectivity index (χ3v) is 4.67. The highest BCUT2D eigenvalue weighted by Crippen LogP contribution is 2.23. The van der Waals surface area contributed by atoms with E-state index in [1.165, 1.54) is 36.6 Å². The Kier molecular flexibility index (Phi) is 7.63. The first-order valence-electron chi connectivity index (χ1n) is 10.7. The second kappa shape index (κ2) is 11.2. The Labute approximate surface area is 203 Å². The number of alkyl halides is 3. The molecule has 9 nitrogen and oxygen atoms in total. The zero-order valence-electron chi connectivity index (χ0n) is 18.7. The van der Waals surface area contributed by atoms with Gasteiger partial charge in [0.2, 0.25) is 5.89 Å². The van der Waals surface area contributed by atoms with Crippen LogP contribution in [-0.4, -0.2) is 38.9 Å². The van der Waals surface area contributed by atoms with Gasteiger partial charge in [0, 0.05) is 30.9 Å². The largest absolute Gasteiger partial charge is 0.573 e. The van der Waals surface area contributed by atoms with E-state index in [2.05, 4.69) is 25.3 Å². The lowest BCUT2D eigenvalue weighted by atomic mass is 10.2. The maximum absolute atomic E-state index is 12.5. The molecule has 0 aliphatic carbocycles. The summed E-state index contributed by atoms with van der Waals surface area (Å²) >= 11 is 0. The predicted octanol–water partition coefficient (Wildman–Crippen LogP) is 5.06. The highest BCUT2D eigenvalue weighted by Gasteiger charge is 2.30. The van der Waals surface area contributed by atoms with E-state index in [-0.39, 0.29) is 17.3 Å². The number of hydrogen-bond acceptors (Lipinski definition) is 7. The molecule has 0 bridgehead atoms. The summed E-state index contributed by atoms with van der Waals surface area (Å²) in [4.78, 5) is 16.6. The summed E-state index contributed by atoms with van der Waals surface area (Å²) in [7, 11) is 0. The van der Waals surface area contributed by atoms with Crippen molar-refractivity contribution < 1.29 is 31.9 Å². The summed E-state index contributed by atoms with van der Waals surface area (Å²) < 4.78 is 53.2. The van der Waals surface area contributed by atoms with Gasteiger partial charge in [0.05, 0.1) is 12.8 Å². The third kappa shape index (κ3) is 7.45. The first-order valence-corrected chi connectivity index (χ1v) is 10.7. The van der Waals surface area contributed by atoms with Crippen molar-refractivity contribution in [3.8, 4) is 11.5 Å². The minimum Gasteiger partial charge on any atom is -0.494 e. The molecular formula is C24H20F3N5O4. The number of nitrogens with zero attached hydrogens (tertiary/aromatic N) is 4. The summed E-state index contributed by atoms with van der Waals surface area (Å²) in [6, 6.07) is 12.2. The molecule has 0 unspecified atom stereocenters. The standard InChI is InChI=1S/C24H20F3N5O4/c25-24(26,27)36-20-7-2-17(3-8-20)4-11-22-30-21(16-35-22)23(33)29-18-5-9-19(10-6-18)34-15-1-13-32-14-12-28-31-32/h2-12,14,16H,1,13,15H2,(H,29,33)/b11-4+. The van der Waals surface area contributed by atoms with Crippen LogP contribution in [0.25, 0.3) is 12.2 Å². The lowest BCUT2D eigenvalue weighted by Gasteiger charge is -2.08. The zero-order chi connectivity index (χ0) is 25.4. The van der Waals surface area contributed by atoms with Crippen LogP contribution in [0, 0.1) is 0 Å². The minimum atomic E-state index is -4.75. The monoisotopic (exact) mass is 499 g/mol. The normalized spacial score (nSPS) is 11.5. The van der Waals surface area contributed by atoms with Crippen molar-refractivity contribution in [3.05, 3.63) is 84.3 Å². The fourth-order valence-electron chi connectivity index (χ4n) is 3.01. The second-order valence-corrected chi connectivity index (χ2v) is 7.37. The van der Waals surface area contributed by atoms with Crippen LogP contribution >= 0.6 is 0 Å². The lowest BCUT2D eigenvalue weighted by molar-refractivity contribution is -0.274. The SMILES string of the molecule is O=C(Nc1ccc(OCCCn2ccnn2)cc1)c1coc(/C=C/c2ccc(OC(F)(F)F)cc2)n1. The summed E-state index contributed by atoms with van der Waals surface area (Å²) in [5, 5.41) is 10.3. The number of oxazole rings is 1. The first kappa shape index (κ1) is 24.5. The van der Waals surface area contributed by atoms with Crippen molar-refractivity contribution in [2.24, 2.45) is 0 Å². The Morgan fingerprint density at radius 3 is 2.50 bits per heavy atom. The van der Waals surface area contributed by atoms with Gasteiger partial charge < -0.3 is 19.2 Å². The molecule has 1 N–H and O–H groups in total. The van der Waals surface area contributed by atoms with Crippen LogP contribution in [0.1, 0.15) is 28.4 Å². The number of aryl methyl sites for hydroxylation is 1. The van der Waals surface area contributed by atoms with Gasteiger partial charge >= 0.3 is 6.36 Å². The molecule has 0 aliphatic rings. The molecule has 4 rings (SSSR count). The fourth-order valence-corrected chi connectivity index (χ4v) is 3.01. The molecule has 1 amide bonds. The summed E-state index contributed by atoms with van der Waals surface area (Å²) in [5.74, 6) is 0.0369. The van der Waals surface area contributed by atoms with Gasteiger partial charge in [0.15, 0.2) is 5.69 Å². The van der Waals surface area contributed by atoms with Crippen molar-refractivity contribution in [2.75, 3.05) is 11.9 Å². The summed E-state index contributed by atoms with van der Waals surface area (Å²) in [6.45, 7) is 1.21. The smallest absolute Gasteiger partial charge is 0.494 e. The van der Waals surface area contributed by atoms with E-state index >= 15 is 0 Å². The number of benzene rings is 2. The van der Waals surface area contributed by atoms with Gasteiger partial charge in [-0.1, -0.05) is 17.3 Å². The molecule has 12 heteroatoms. The van der Waals surface area contributed by atoms with E-state index in [0.29, 0.717) is 30.2 Å². The molecule has 36 heavy (non-hydrogen) atoms. The Morgan fingerprint density at radius 2 is 1.81 bits per heavy atom. The van der Waals surface area contributed by atoms with Gasteiger partial charge in [-0.15, -0.1) is 18.3 Å². The topological polar surface area (TPSA) is 104 Å². The van der Waals surface area contributed by atoms with Gasteiger partial charge in [-0.2, -0.15) is 0 Å². The van der Waals surface area contributed by atoms with Gasteiger partial charge in [0.1, 0.15) is 17.8 Å². The Balaban J connectivity index is 1.25. The number of aromatic nitrogens is 4. The van der Waals surface area contributed by atoms with Crippen molar-refractivity contribution in [3.63, 3.8) is 0 Å². The average Bonchev–Trinajstić information content (AvgIpc) is 3.54. The molecule has 0 radical (unpaired) electrons. The van der Waals surface area contributed by atoms with Crippen LogP contribution in [0.3, 0.4) is 0 Å². The summed E-state index contributed by atoms with van der Waals surface area (Å²) in [5.41, 5.74) is 1.21. The number of carbonyl (C=O) groups is 1. The van der Waals surface area contributed by atoms with Crippen LogP contribution in [0.15, 0.2) is 71.6 Å². The molecule has 0 fully saturated rings. The summed E-state index contributed by atoms with van der Waals surface area (Å²) in [6.07, 6.45) is 3.70. The van der Waals surface area contributed by atoms with E-state index in [0.717, 1.165) is 6.42 Å². The Bertz CT molecular complexity index is 1280. The van der Waals surface area contributed by atoms with Crippen molar-refractivity contribution in [1.82, 2.24) is 20.0 Å². The van der Waals surface area contributed by atoms with Gasteiger partial charge in [-0.25, -0.2) is 4.98 Å². The van der Waals surface area contributed by atoms with E-state index in [4.69, 9.17) is 9.15 Å². The number of halogens is 3. The molecule has 0 spiro atoms. The van der Waals surface area contributed by atoms with Crippen LogP contribution in [0.5, 0.6) is 11.5 Å². The maximum Gasteiger partial charge on any atom is 0.573 e. The van der Waals surface area contributed by atoms with Crippen LogP contribution in [0.2, 0.25) is 0 Å². The van der Waals surface area contributed by atoms with Gasteiger partial charge in [0.25, 0.3) is 5.91 Å². The molecular weight excluding hydrogens is 479 g/mol. The maximum atomic E-state index is 12.5. The van der Waals surface area contributed by atoms with Crippen molar-refractivity contribution >= 4 is 23.7 Å². The number of nitrogens with one attached hydrogen (secondary N) is 1. The number of rotatable bonds is 10. The number of amides is 1. The van der Waals surface area contributed by atoms with Crippen molar-refractivity contribution in [1.29, 1.82) is 0 Å². The van der Waals surface area contributed by atoms with Gasteiger partial charge in [-0.05, 0) is 48.0 Å². The number of carbonyl (C=O) groups excluding carboxylic acids is 1. The fraction of sp³-hybridized carbons (Fsp3) is 0.167. The molecule has 0 aliphatic heterocycles. The van der Waals surface area contributed by atoms with Gasteiger partial charge in [-0.3, -0.25) is 9.48 Å². The molecule has 0 saturated heterocycles. The average molecular weight is 499 g/mol. The molecule has 186 valence electrons. The highest BCUT2D eigenvalue weighted by atomic mass is 19.4. The highest BCUT2D eigenvalue weighted by molar-refractivity contribution is 6.02. The number of anilines is 1. The van der Waals surface area contributed by atoms with E-state index < -0.39 is 12.3 Å². The predicted molar refractivity (Wildman–Crippen MR) is 123 cm³/mol. The van der Waals surface area contributed by atoms with E-state index in [1.54, 1.807) is 47.4 Å². The molecule has 2 heterocycles. The van der Waals surface area contributed by atoms with E-state index in [1.807, 2.05) is 0 Å². The first-order chi connectivity index (χ1) is 17.3. The van der Waals surface area contributed by atoms with Crippen molar-refractivity contribution in [2.45, 2.75) is 19.3 Å². The minimum absolute atomic E-state index is 0.0667. The third-order valence-electron chi connectivity index (χ3n) is 4.67.